The number of thiazole rings is 1. The summed E-state index contributed by atoms with van der Waals surface area (Å²) < 4.78 is 40.1. The Morgan fingerprint density at radius 3 is 2.55 bits per heavy atom. The molecule has 0 aliphatic carbocycles. The maximum Gasteiger partial charge on any atom is 0.424 e. The van der Waals surface area contributed by atoms with Crippen LogP contribution in [0.3, 0.4) is 0 Å². The fourth-order valence-electron chi connectivity index (χ4n) is 1.76. The van der Waals surface area contributed by atoms with E-state index >= 15 is 0 Å². The highest BCUT2D eigenvalue weighted by atomic mass is 32.1. The molecule has 0 spiro atoms. The van der Waals surface area contributed by atoms with Gasteiger partial charge in [-0.1, -0.05) is 19.1 Å². The molecule has 0 aliphatic heterocycles. The van der Waals surface area contributed by atoms with E-state index in [4.69, 9.17) is 0 Å². The molecular weight excluding hydrogens is 291 g/mol. The van der Waals surface area contributed by atoms with Gasteiger partial charge in [-0.25, -0.2) is 4.98 Å². The monoisotopic (exact) mass is 303 g/mol. The number of benzene rings is 1. The zero-order valence-electron chi connectivity index (χ0n) is 10.6. The van der Waals surface area contributed by atoms with Crippen LogP contribution in [0.2, 0.25) is 0 Å². The number of hydrogen-bond donors (Lipinski definition) is 1. The number of aromatic nitrogens is 1. The highest BCUT2D eigenvalue weighted by molar-refractivity contribution is 7.18. The second-order valence-corrected chi connectivity index (χ2v) is 5.44. The van der Waals surface area contributed by atoms with Crippen molar-refractivity contribution in [2.75, 3.05) is 0 Å². The largest absolute Gasteiger partial charge is 0.424 e. The van der Waals surface area contributed by atoms with E-state index in [1.54, 1.807) is 24.3 Å². The van der Waals surface area contributed by atoms with Gasteiger partial charge in [-0.15, -0.1) is 11.3 Å². The van der Waals surface area contributed by atoms with Crippen LogP contribution < -0.4 is 0 Å². The first kappa shape index (κ1) is 14.9. The second kappa shape index (κ2) is 5.14. The molecule has 1 atom stereocenters. The van der Waals surface area contributed by atoms with Gasteiger partial charge in [0.2, 0.25) is 5.60 Å². The summed E-state index contributed by atoms with van der Waals surface area (Å²) in [5.74, 6) is -0.663. The van der Waals surface area contributed by atoms with Crippen LogP contribution in [0, 0.1) is 0 Å². The lowest BCUT2D eigenvalue weighted by Gasteiger charge is -2.27. The van der Waals surface area contributed by atoms with Crippen LogP contribution in [0.5, 0.6) is 0 Å². The van der Waals surface area contributed by atoms with Crippen molar-refractivity contribution in [1.29, 1.82) is 0 Å². The standard InChI is InChI=1S/C13H12F3NO2S/c1-2-8(18)7-12(19,13(14,15)16)11-17-9-5-3-4-6-10(9)20-11/h3-6,19H,2,7H2,1H3. The number of Topliss-reactive ketones (excluding diaryl/α,β-unsaturated/α-hetero) is 1. The van der Waals surface area contributed by atoms with Crippen molar-refractivity contribution < 1.29 is 23.1 Å². The Morgan fingerprint density at radius 1 is 1.35 bits per heavy atom. The third kappa shape index (κ3) is 2.55. The number of fused-ring (bicyclic) bond motifs is 1. The lowest BCUT2D eigenvalue weighted by atomic mass is 9.96. The zero-order chi connectivity index (χ0) is 15.0. The van der Waals surface area contributed by atoms with Crippen LogP contribution in [0.1, 0.15) is 24.8 Å². The summed E-state index contributed by atoms with van der Waals surface area (Å²) in [6.07, 6.45) is -6.03. The molecule has 1 heterocycles. The predicted octanol–water partition coefficient (Wildman–Crippen LogP) is 3.42. The van der Waals surface area contributed by atoms with Gasteiger partial charge in [0.15, 0.2) is 0 Å². The molecule has 2 rings (SSSR count). The number of carbonyl (C=O) groups is 1. The fourth-order valence-corrected chi connectivity index (χ4v) is 2.83. The van der Waals surface area contributed by atoms with Gasteiger partial charge in [-0.05, 0) is 12.1 Å². The van der Waals surface area contributed by atoms with Gasteiger partial charge in [0, 0.05) is 6.42 Å². The van der Waals surface area contributed by atoms with E-state index in [0.29, 0.717) is 10.2 Å². The Labute approximate surface area is 117 Å². The van der Waals surface area contributed by atoms with Gasteiger partial charge in [0.1, 0.15) is 10.8 Å². The molecule has 7 heteroatoms. The zero-order valence-corrected chi connectivity index (χ0v) is 11.4. The van der Waals surface area contributed by atoms with Crippen molar-refractivity contribution in [3.63, 3.8) is 0 Å². The van der Waals surface area contributed by atoms with E-state index in [1.165, 1.54) is 6.92 Å². The Kier molecular flexibility index (Phi) is 3.84. The summed E-state index contributed by atoms with van der Waals surface area (Å²) in [6, 6.07) is 6.51. The van der Waals surface area contributed by atoms with Gasteiger partial charge < -0.3 is 5.11 Å². The highest BCUT2D eigenvalue weighted by Crippen LogP contribution is 2.44. The van der Waals surface area contributed by atoms with E-state index in [1.807, 2.05) is 0 Å². The normalized spacial score (nSPS) is 15.2. The summed E-state index contributed by atoms with van der Waals surface area (Å²) in [4.78, 5) is 15.2. The smallest absolute Gasteiger partial charge is 0.374 e. The molecule has 0 bridgehead atoms. The molecule has 0 amide bonds. The topological polar surface area (TPSA) is 50.2 Å². The van der Waals surface area contributed by atoms with Gasteiger partial charge in [-0.2, -0.15) is 13.2 Å². The first-order chi connectivity index (χ1) is 9.28. The molecule has 0 radical (unpaired) electrons. The van der Waals surface area contributed by atoms with Crippen LogP contribution >= 0.6 is 11.3 Å². The molecule has 1 aromatic carbocycles. The first-order valence-electron chi connectivity index (χ1n) is 5.95. The molecule has 2 aromatic rings. The number of alkyl halides is 3. The van der Waals surface area contributed by atoms with E-state index in [0.717, 1.165) is 11.3 Å². The summed E-state index contributed by atoms with van der Waals surface area (Å²) in [5, 5.41) is 9.53. The average molecular weight is 303 g/mol. The minimum atomic E-state index is -4.95. The molecule has 0 saturated carbocycles. The fraction of sp³-hybridized carbons (Fsp3) is 0.385. The molecule has 0 saturated heterocycles. The van der Waals surface area contributed by atoms with Gasteiger partial charge in [-0.3, -0.25) is 4.79 Å². The highest BCUT2D eigenvalue weighted by Gasteiger charge is 2.57. The summed E-state index contributed by atoms with van der Waals surface area (Å²) in [7, 11) is 0. The number of carbonyl (C=O) groups excluding carboxylic acids is 1. The predicted molar refractivity (Wildman–Crippen MR) is 69.5 cm³/mol. The quantitative estimate of drug-likeness (QED) is 0.941. The third-order valence-electron chi connectivity index (χ3n) is 2.96. The van der Waals surface area contributed by atoms with Crippen molar-refractivity contribution in [2.24, 2.45) is 0 Å². The Morgan fingerprint density at radius 2 is 2.00 bits per heavy atom. The van der Waals surface area contributed by atoms with Crippen LogP contribution in [0.4, 0.5) is 13.2 Å². The summed E-state index contributed by atoms with van der Waals surface area (Å²) >= 11 is 0.750. The Bertz CT molecular complexity index is 605. The molecule has 1 N–H and O–H groups in total. The van der Waals surface area contributed by atoms with Crippen molar-refractivity contribution in [1.82, 2.24) is 4.98 Å². The van der Waals surface area contributed by atoms with Crippen molar-refractivity contribution in [3.8, 4) is 0 Å². The van der Waals surface area contributed by atoms with Crippen LogP contribution in [-0.4, -0.2) is 22.1 Å². The number of hydrogen-bond acceptors (Lipinski definition) is 4. The Hall–Kier alpha value is -1.47. The number of nitrogens with zero attached hydrogens (tertiary/aromatic N) is 1. The molecule has 0 fully saturated rings. The maximum atomic E-state index is 13.2. The van der Waals surface area contributed by atoms with E-state index in [9.17, 15) is 23.1 Å². The van der Waals surface area contributed by atoms with Crippen molar-refractivity contribution in [3.05, 3.63) is 29.3 Å². The number of rotatable bonds is 4. The molecular formula is C13H12F3NO2S. The SMILES string of the molecule is CCC(=O)CC(O)(c1nc2ccccc2s1)C(F)(F)F. The number of para-hydroxylation sites is 1. The van der Waals surface area contributed by atoms with E-state index < -0.39 is 29.0 Å². The van der Waals surface area contributed by atoms with Crippen LogP contribution in [-0.2, 0) is 10.4 Å². The summed E-state index contributed by atoms with van der Waals surface area (Å²) in [6.45, 7) is 1.46. The van der Waals surface area contributed by atoms with Crippen molar-refractivity contribution in [2.45, 2.75) is 31.5 Å². The second-order valence-electron chi connectivity index (χ2n) is 4.41. The van der Waals surface area contributed by atoms with Crippen LogP contribution in [0.25, 0.3) is 10.2 Å². The minimum Gasteiger partial charge on any atom is -0.374 e. The van der Waals surface area contributed by atoms with Gasteiger partial charge in [0.05, 0.1) is 16.6 Å². The number of halogens is 3. The van der Waals surface area contributed by atoms with E-state index in [-0.39, 0.29) is 6.42 Å². The lowest BCUT2D eigenvalue weighted by molar-refractivity contribution is -0.267. The van der Waals surface area contributed by atoms with E-state index in [2.05, 4.69) is 4.98 Å². The maximum absolute atomic E-state index is 13.2. The molecule has 3 nitrogen and oxygen atoms in total. The minimum absolute atomic E-state index is 0.0662. The number of ketones is 1. The molecule has 0 aliphatic rings. The summed E-state index contributed by atoms with van der Waals surface area (Å²) in [5.41, 5.74) is -2.84. The molecule has 108 valence electrons. The Balaban J connectivity index is 2.53. The molecule has 20 heavy (non-hydrogen) atoms. The molecule has 1 unspecified atom stereocenters. The van der Waals surface area contributed by atoms with Gasteiger partial charge in [0.25, 0.3) is 0 Å². The average Bonchev–Trinajstić information content (AvgIpc) is 2.81. The molecule has 1 aromatic heterocycles. The van der Waals surface area contributed by atoms with Crippen LogP contribution in [0.15, 0.2) is 24.3 Å². The van der Waals surface area contributed by atoms with Crippen molar-refractivity contribution >= 4 is 27.3 Å². The van der Waals surface area contributed by atoms with Gasteiger partial charge >= 0.3 is 6.18 Å². The lowest BCUT2D eigenvalue weighted by Crippen LogP contribution is -2.44. The first-order valence-corrected chi connectivity index (χ1v) is 6.76. The number of aliphatic hydroxyl groups is 1. The third-order valence-corrected chi connectivity index (χ3v) is 4.15.